The van der Waals surface area contributed by atoms with E-state index in [1.165, 1.54) is 0 Å². The van der Waals surface area contributed by atoms with Gasteiger partial charge < -0.3 is 4.42 Å². The molecule has 1 heterocycles. The summed E-state index contributed by atoms with van der Waals surface area (Å²) in [4.78, 5) is 0.210. The quantitative estimate of drug-likeness (QED) is 0.457. The maximum absolute atomic E-state index is 12.8. The fraction of sp³-hybridized carbons (Fsp3) is 0.130. The fourth-order valence-electron chi connectivity index (χ4n) is 3.00. The molecule has 30 heavy (non-hydrogen) atoms. The third-order valence-electron chi connectivity index (χ3n) is 4.66. The van der Waals surface area contributed by atoms with E-state index < -0.39 is 10.0 Å². The number of aromatic nitrogens is 2. The minimum Gasteiger partial charge on any atom is -0.416 e. The molecule has 0 saturated heterocycles. The number of sulfonamides is 1. The van der Waals surface area contributed by atoms with Gasteiger partial charge >= 0.3 is 0 Å². The van der Waals surface area contributed by atoms with E-state index in [0.29, 0.717) is 29.0 Å². The van der Waals surface area contributed by atoms with Crippen LogP contribution >= 0.6 is 0 Å². The molecule has 0 bridgehead atoms. The van der Waals surface area contributed by atoms with Crippen molar-refractivity contribution in [1.82, 2.24) is 10.2 Å². The second-order valence-corrected chi connectivity index (χ2v) is 8.87. The van der Waals surface area contributed by atoms with Gasteiger partial charge in [-0.15, -0.1) is 10.2 Å². The number of hydrogen-bond donors (Lipinski definition) is 1. The highest BCUT2D eigenvalue weighted by Crippen LogP contribution is 2.27. The zero-order valence-corrected chi connectivity index (χ0v) is 17.4. The SMILES string of the molecule is CC(C)c1ccc(S(=O)(=O)Nc2cccc(-c3nnc(-c4ccccc4)o3)c2)cc1. The van der Waals surface area contributed by atoms with Crippen LogP contribution in [0.4, 0.5) is 5.69 Å². The molecule has 3 aromatic carbocycles. The Hall–Kier alpha value is -3.45. The van der Waals surface area contributed by atoms with Crippen LogP contribution in [0.15, 0.2) is 88.2 Å². The first kappa shape index (κ1) is 19.8. The number of hydrogen-bond acceptors (Lipinski definition) is 5. The Morgan fingerprint density at radius 1 is 0.800 bits per heavy atom. The van der Waals surface area contributed by atoms with E-state index in [1.54, 1.807) is 36.4 Å². The Bertz CT molecular complexity index is 1250. The van der Waals surface area contributed by atoms with Crippen LogP contribution in [-0.4, -0.2) is 18.6 Å². The van der Waals surface area contributed by atoms with Gasteiger partial charge in [0.05, 0.1) is 4.90 Å². The van der Waals surface area contributed by atoms with Crippen molar-refractivity contribution in [2.24, 2.45) is 0 Å². The highest BCUT2D eigenvalue weighted by atomic mass is 32.2. The first-order valence-electron chi connectivity index (χ1n) is 9.54. The summed E-state index contributed by atoms with van der Waals surface area (Å²) in [5, 5.41) is 8.17. The molecule has 7 heteroatoms. The van der Waals surface area contributed by atoms with Gasteiger partial charge in [0, 0.05) is 16.8 Å². The van der Waals surface area contributed by atoms with Gasteiger partial charge in [0.15, 0.2) is 0 Å². The third-order valence-corrected chi connectivity index (χ3v) is 6.06. The van der Waals surface area contributed by atoms with E-state index in [2.05, 4.69) is 28.8 Å². The smallest absolute Gasteiger partial charge is 0.261 e. The lowest BCUT2D eigenvalue weighted by Crippen LogP contribution is -2.13. The normalized spacial score (nSPS) is 11.6. The van der Waals surface area contributed by atoms with Gasteiger partial charge in [-0.05, 0) is 53.9 Å². The Morgan fingerprint density at radius 2 is 1.43 bits per heavy atom. The third kappa shape index (κ3) is 4.26. The van der Waals surface area contributed by atoms with E-state index in [1.807, 2.05) is 42.5 Å². The molecule has 0 saturated carbocycles. The van der Waals surface area contributed by atoms with Crippen molar-refractivity contribution >= 4 is 15.7 Å². The molecule has 0 aliphatic heterocycles. The van der Waals surface area contributed by atoms with Crippen LogP contribution in [0.1, 0.15) is 25.3 Å². The highest BCUT2D eigenvalue weighted by molar-refractivity contribution is 7.92. The van der Waals surface area contributed by atoms with E-state index in [0.717, 1.165) is 11.1 Å². The molecule has 0 radical (unpaired) electrons. The zero-order chi connectivity index (χ0) is 21.1. The molecule has 152 valence electrons. The fourth-order valence-corrected chi connectivity index (χ4v) is 4.05. The van der Waals surface area contributed by atoms with Crippen LogP contribution in [0.2, 0.25) is 0 Å². The number of nitrogens with zero attached hydrogens (tertiary/aromatic N) is 2. The van der Waals surface area contributed by atoms with E-state index in [-0.39, 0.29) is 4.90 Å². The molecule has 0 aliphatic rings. The molecular weight excluding hydrogens is 398 g/mol. The average Bonchev–Trinajstić information content (AvgIpc) is 3.25. The first-order chi connectivity index (χ1) is 14.4. The molecule has 0 spiro atoms. The number of rotatable bonds is 6. The maximum atomic E-state index is 12.8. The lowest BCUT2D eigenvalue weighted by atomic mass is 10.0. The molecular formula is C23H21N3O3S. The van der Waals surface area contributed by atoms with Gasteiger partial charge in [0.25, 0.3) is 10.0 Å². The van der Waals surface area contributed by atoms with Crippen molar-refractivity contribution in [1.29, 1.82) is 0 Å². The summed E-state index contributed by atoms with van der Waals surface area (Å²) in [5.41, 5.74) is 2.94. The monoisotopic (exact) mass is 419 g/mol. The van der Waals surface area contributed by atoms with Crippen molar-refractivity contribution in [3.63, 3.8) is 0 Å². The number of nitrogens with one attached hydrogen (secondary N) is 1. The van der Waals surface area contributed by atoms with Gasteiger partial charge in [-0.1, -0.05) is 50.2 Å². The van der Waals surface area contributed by atoms with Crippen molar-refractivity contribution in [3.05, 3.63) is 84.4 Å². The topological polar surface area (TPSA) is 85.1 Å². The molecule has 0 atom stereocenters. The predicted octanol–water partition coefficient (Wildman–Crippen LogP) is 5.33. The number of benzene rings is 3. The summed E-state index contributed by atoms with van der Waals surface area (Å²) in [5.74, 6) is 1.06. The Morgan fingerprint density at radius 3 is 2.10 bits per heavy atom. The van der Waals surface area contributed by atoms with Crippen LogP contribution in [0.3, 0.4) is 0 Å². The largest absolute Gasteiger partial charge is 0.416 e. The molecule has 6 nitrogen and oxygen atoms in total. The predicted molar refractivity (Wildman–Crippen MR) is 117 cm³/mol. The maximum Gasteiger partial charge on any atom is 0.261 e. The molecule has 4 rings (SSSR count). The van der Waals surface area contributed by atoms with E-state index in [9.17, 15) is 8.42 Å². The first-order valence-corrected chi connectivity index (χ1v) is 11.0. The van der Waals surface area contributed by atoms with Crippen molar-refractivity contribution in [2.45, 2.75) is 24.7 Å². The lowest BCUT2D eigenvalue weighted by Gasteiger charge is -2.10. The molecule has 4 aromatic rings. The molecule has 1 aromatic heterocycles. The standard InChI is InChI=1S/C23H21N3O3S/c1-16(2)17-11-13-21(14-12-17)30(27,28)26-20-10-6-9-19(15-20)23-25-24-22(29-23)18-7-4-3-5-8-18/h3-16,26H,1-2H3. The summed E-state index contributed by atoms with van der Waals surface area (Å²) < 4.78 is 33.9. The lowest BCUT2D eigenvalue weighted by molar-refractivity contribution is 0.584. The van der Waals surface area contributed by atoms with Gasteiger partial charge in [0.1, 0.15) is 0 Å². The molecule has 0 fully saturated rings. The van der Waals surface area contributed by atoms with E-state index >= 15 is 0 Å². The molecule has 0 unspecified atom stereocenters. The molecule has 1 N–H and O–H groups in total. The van der Waals surface area contributed by atoms with Crippen LogP contribution in [0, 0.1) is 0 Å². The van der Waals surface area contributed by atoms with Crippen LogP contribution in [-0.2, 0) is 10.0 Å². The zero-order valence-electron chi connectivity index (χ0n) is 16.6. The summed E-state index contributed by atoms with van der Waals surface area (Å²) in [6, 6.07) is 23.2. The number of anilines is 1. The minimum absolute atomic E-state index is 0.210. The molecule has 0 aliphatic carbocycles. The van der Waals surface area contributed by atoms with E-state index in [4.69, 9.17) is 4.42 Å². The van der Waals surface area contributed by atoms with Crippen molar-refractivity contribution in [3.8, 4) is 22.9 Å². The Balaban J connectivity index is 1.57. The van der Waals surface area contributed by atoms with Crippen molar-refractivity contribution in [2.75, 3.05) is 4.72 Å². The van der Waals surface area contributed by atoms with Gasteiger partial charge in [-0.25, -0.2) is 8.42 Å². The van der Waals surface area contributed by atoms with Crippen LogP contribution in [0.5, 0.6) is 0 Å². The summed E-state index contributed by atoms with van der Waals surface area (Å²) in [7, 11) is -3.71. The minimum atomic E-state index is -3.71. The van der Waals surface area contributed by atoms with Gasteiger partial charge in [0.2, 0.25) is 11.8 Å². The second-order valence-electron chi connectivity index (χ2n) is 7.19. The van der Waals surface area contributed by atoms with Crippen molar-refractivity contribution < 1.29 is 12.8 Å². The summed E-state index contributed by atoms with van der Waals surface area (Å²) in [6.07, 6.45) is 0. The second kappa shape index (κ2) is 8.12. The van der Waals surface area contributed by atoms with Gasteiger partial charge in [-0.3, -0.25) is 4.72 Å². The summed E-state index contributed by atoms with van der Waals surface area (Å²) in [6.45, 7) is 4.13. The highest BCUT2D eigenvalue weighted by Gasteiger charge is 2.16. The van der Waals surface area contributed by atoms with Crippen LogP contribution < -0.4 is 4.72 Å². The Labute approximate surface area is 175 Å². The van der Waals surface area contributed by atoms with Gasteiger partial charge in [-0.2, -0.15) is 0 Å². The Kier molecular flexibility index (Phi) is 5.37. The summed E-state index contributed by atoms with van der Waals surface area (Å²) >= 11 is 0. The molecule has 0 amide bonds. The van der Waals surface area contributed by atoms with Crippen LogP contribution in [0.25, 0.3) is 22.9 Å². The average molecular weight is 420 g/mol.